The van der Waals surface area contributed by atoms with Crippen molar-refractivity contribution in [3.63, 3.8) is 0 Å². The molecule has 8 heteroatoms. The Bertz CT molecular complexity index is 424. The van der Waals surface area contributed by atoms with E-state index in [4.69, 9.17) is 5.11 Å². The summed E-state index contributed by atoms with van der Waals surface area (Å²) in [5.74, 6) is -0.938. The van der Waals surface area contributed by atoms with E-state index >= 15 is 0 Å². The van der Waals surface area contributed by atoms with Crippen LogP contribution in [0.4, 0.5) is 18.0 Å². The summed E-state index contributed by atoms with van der Waals surface area (Å²) in [4.78, 5) is 24.2. The van der Waals surface area contributed by atoms with Crippen molar-refractivity contribution >= 4 is 12.0 Å². The Labute approximate surface area is 114 Å². The summed E-state index contributed by atoms with van der Waals surface area (Å²) >= 11 is 0. The molecule has 114 valence electrons. The Morgan fingerprint density at radius 3 is 2.00 bits per heavy atom. The first-order chi connectivity index (χ1) is 9.10. The quantitative estimate of drug-likeness (QED) is 0.818. The molecule has 1 saturated heterocycles. The highest BCUT2D eigenvalue weighted by Crippen LogP contribution is 2.49. The van der Waals surface area contributed by atoms with Crippen LogP contribution in [0.3, 0.4) is 0 Å². The van der Waals surface area contributed by atoms with E-state index in [1.54, 1.807) is 6.92 Å². The molecular weight excluding hydrogens is 277 g/mol. The van der Waals surface area contributed by atoms with Crippen LogP contribution in [0.5, 0.6) is 0 Å². The number of hydrogen-bond donors (Lipinski definition) is 2. The largest absolute Gasteiger partial charge is 0.481 e. The van der Waals surface area contributed by atoms with Crippen molar-refractivity contribution in [1.82, 2.24) is 10.2 Å². The smallest absolute Gasteiger partial charge is 0.411 e. The van der Waals surface area contributed by atoms with E-state index in [1.807, 2.05) is 5.32 Å². The van der Waals surface area contributed by atoms with Gasteiger partial charge in [0, 0.05) is 13.1 Å². The van der Waals surface area contributed by atoms with Crippen LogP contribution in [0.1, 0.15) is 32.6 Å². The molecule has 2 rings (SSSR count). The second-order valence-electron chi connectivity index (χ2n) is 5.86. The number of amides is 2. The van der Waals surface area contributed by atoms with Crippen molar-refractivity contribution in [1.29, 1.82) is 0 Å². The number of urea groups is 1. The van der Waals surface area contributed by atoms with Gasteiger partial charge in [-0.05, 0) is 32.6 Å². The molecule has 1 aliphatic carbocycles. The van der Waals surface area contributed by atoms with Gasteiger partial charge in [-0.3, -0.25) is 4.79 Å². The second-order valence-corrected chi connectivity index (χ2v) is 5.86. The number of likely N-dealkylation sites (tertiary alicyclic amines) is 1. The molecule has 0 atom stereocenters. The fourth-order valence-electron chi connectivity index (χ4n) is 2.31. The third kappa shape index (κ3) is 2.55. The van der Waals surface area contributed by atoms with E-state index in [1.165, 1.54) is 4.90 Å². The molecule has 0 bridgehead atoms. The number of halogens is 3. The highest BCUT2D eigenvalue weighted by Gasteiger charge is 2.64. The fourth-order valence-corrected chi connectivity index (χ4v) is 2.31. The van der Waals surface area contributed by atoms with Crippen LogP contribution in [0, 0.1) is 5.41 Å². The molecule has 2 N–H and O–H groups in total. The zero-order valence-electron chi connectivity index (χ0n) is 11.1. The summed E-state index contributed by atoms with van der Waals surface area (Å²) in [6.45, 7) is 1.90. The Hall–Kier alpha value is -1.47. The van der Waals surface area contributed by atoms with E-state index < -0.39 is 29.1 Å². The predicted molar refractivity (Wildman–Crippen MR) is 63.1 cm³/mol. The monoisotopic (exact) mass is 294 g/mol. The van der Waals surface area contributed by atoms with Gasteiger partial charge < -0.3 is 15.3 Å². The molecular formula is C12H17F3N2O3. The average molecular weight is 294 g/mol. The zero-order chi connectivity index (χ0) is 15.2. The SMILES string of the molecule is CC1(C(=O)O)CCN(C(=O)NC2(C(F)(F)F)CC2)CC1. The lowest BCUT2D eigenvalue weighted by molar-refractivity contribution is -0.163. The van der Waals surface area contributed by atoms with Gasteiger partial charge in [-0.1, -0.05) is 0 Å². The van der Waals surface area contributed by atoms with Gasteiger partial charge in [0.25, 0.3) is 0 Å². The van der Waals surface area contributed by atoms with Gasteiger partial charge in [0.2, 0.25) is 0 Å². The van der Waals surface area contributed by atoms with Crippen molar-refractivity contribution in [2.45, 2.75) is 44.3 Å². The third-order valence-electron chi connectivity index (χ3n) is 4.31. The Morgan fingerprint density at radius 1 is 1.15 bits per heavy atom. The van der Waals surface area contributed by atoms with Gasteiger partial charge >= 0.3 is 18.2 Å². The van der Waals surface area contributed by atoms with Crippen LogP contribution in [-0.4, -0.2) is 46.8 Å². The number of nitrogens with zero attached hydrogens (tertiary/aromatic N) is 1. The molecule has 20 heavy (non-hydrogen) atoms. The number of rotatable bonds is 2. The minimum Gasteiger partial charge on any atom is -0.481 e. The standard InChI is InChI=1S/C12H17F3N2O3/c1-10(8(18)19)4-6-17(7-5-10)9(20)16-11(2-3-11)12(13,14)15/h2-7H2,1H3,(H,16,20)(H,18,19). The first kappa shape index (κ1) is 14.9. The van der Waals surface area contributed by atoms with Crippen LogP contribution in [0.25, 0.3) is 0 Å². The lowest BCUT2D eigenvalue weighted by Crippen LogP contribution is -2.55. The van der Waals surface area contributed by atoms with E-state index in [-0.39, 0.29) is 38.8 Å². The molecule has 1 aliphatic heterocycles. The van der Waals surface area contributed by atoms with Gasteiger partial charge in [-0.25, -0.2) is 4.79 Å². The average Bonchev–Trinajstić information content (AvgIpc) is 3.10. The van der Waals surface area contributed by atoms with E-state index in [2.05, 4.69) is 0 Å². The maximum absolute atomic E-state index is 12.7. The molecule has 0 aromatic rings. The summed E-state index contributed by atoms with van der Waals surface area (Å²) < 4.78 is 38.2. The number of carbonyl (C=O) groups excluding carboxylic acids is 1. The lowest BCUT2D eigenvalue weighted by atomic mass is 9.80. The molecule has 0 radical (unpaired) electrons. The van der Waals surface area contributed by atoms with Gasteiger partial charge in [0.1, 0.15) is 5.54 Å². The van der Waals surface area contributed by atoms with E-state index in [9.17, 15) is 22.8 Å². The van der Waals surface area contributed by atoms with E-state index in [0.717, 1.165) is 0 Å². The molecule has 0 unspecified atom stereocenters. The molecule has 0 spiro atoms. The molecule has 1 saturated carbocycles. The highest BCUT2D eigenvalue weighted by molar-refractivity contribution is 5.77. The lowest BCUT2D eigenvalue weighted by Gasteiger charge is -2.37. The Kier molecular flexibility index (Phi) is 3.38. The molecule has 2 aliphatic rings. The summed E-state index contributed by atoms with van der Waals surface area (Å²) in [6, 6.07) is -0.757. The van der Waals surface area contributed by atoms with Crippen LogP contribution in [-0.2, 0) is 4.79 Å². The number of aliphatic carboxylic acids is 1. The number of nitrogens with one attached hydrogen (secondary N) is 1. The minimum absolute atomic E-state index is 0.0943. The highest BCUT2D eigenvalue weighted by atomic mass is 19.4. The topological polar surface area (TPSA) is 69.6 Å². The van der Waals surface area contributed by atoms with Gasteiger partial charge in [0.15, 0.2) is 0 Å². The predicted octanol–water partition coefficient (Wildman–Crippen LogP) is 1.98. The molecule has 5 nitrogen and oxygen atoms in total. The first-order valence-electron chi connectivity index (χ1n) is 6.47. The molecule has 0 aromatic carbocycles. The Balaban J connectivity index is 1.92. The van der Waals surface area contributed by atoms with Gasteiger partial charge in [-0.2, -0.15) is 13.2 Å². The van der Waals surface area contributed by atoms with Crippen LogP contribution in [0.2, 0.25) is 0 Å². The van der Waals surface area contributed by atoms with Crippen molar-refractivity contribution in [2.24, 2.45) is 5.41 Å². The number of hydrogen-bond acceptors (Lipinski definition) is 2. The number of alkyl halides is 3. The minimum atomic E-state index is -4.44. The third-order valence-corrected chi connectivity index (χ3v) is 4.31. The first-order valence-corrected chi connectivity index (χ1v) is 6.47. The molecule has 2 amide bonds. The normalized spacial score (nSPS) is 24.1. The second kappa shape index (κ2) is 4.53. The number of carboxylic acid groups (broad SMARTS) is 1. The molecule has 0 aromatic heterocycles. The summed E-state index contributed by atoms with van der Waals surface area (Å²) in [5.41, 5.74) is -2.98. The molecule has 1 heterocycles. The number of carboxylic acids is 1. The maximum Gasteiger partial charge on any atom is 0.411 e. The summed E-state index contributed by atoms with van der Waals surface area (Å²) in [7, 11) is 0. The van der Waals surface area contributed by atoms with Crippen molar-refractivity contribution in [3.8, 4) is 0 Å². The van der Waals surface area contributed by atoms with Crippen molar-refractivity contribution < 1.29 is 27.9 Å². The fraction of sp³-hybridized carbons (Fsp3) is 0.833. The van der Waals surface area contributed by atoms with Crippen molar-refractivity contribution in [2.75, 3.05) is 13.1 Å². The van der Waals surface area contributed by atoms with Gasteiger partial charge in [-0.15, -0.1) is 0 Å². The van der Waals surface area contributed by atoms with Crippen molar-refractivity contribution in [3.05, 3.63) is 0 Å². The van der Waals surface area contributed by atoms with Crippen LogP contribution < -0.4 is 5.32 Å². The van der Waals surface area contributed by atoms with E-state index in [0.29, 0.717) is 0 Å². The van der Waals surface area contributed by atoms with Crippen LogP contribution >= 0.6 is 0 Å². The maximum atomic E-state index is 12.7. The summed E-state index contributed by atoms with van der Waals surface area (Å²) in [6.07, 6.45) is -4.14. The Morgan fingerprint density at radius 2 is 1.65 bits per heavy atom. The van der Waals surface area contributed by atoms with Crippen LogP contribution in [0.15, 0.2) is 0 Å². The number of carbonyl (C=O) groups is 2. The number of piperidine rings is 1. The molecule has 2 fully saturated rings. The summed E-state index contributed by atoms with van der Waals surface area (Å²) in [5, 5.41) is 11.1. The van der Waals surface area contributed by atoms with Gasteiger partial charge in [0.05, 0.1) is 5.41 Å². The zero-order valence-corrected chi connectivity index (χ0v) is 11.1.